The number of carbonyl (C=O) groups is 1. The number of methoxy groups -OCH3 is 1. The lowest BCUT2D eigenvalue weighted by Crippen LogP contribution is -2.30. The maximum atomic E-state index is 12.8. The number of rotatable bonds is 9. The highest BCUT2D eigenvalue weighted by atomic mass is 16.5. The molecule has 0 atom stereocenters. The van der Waals surface area contributed by atoms with Gasteiger partial charge in [0.15, 0.2) is 0 Å². The van der Waals surface area contributed by atoms with Gasteiger partial charge in [0.25, 0.3) is 5.91 Å². The molecule has 0 N–H and O–H groups in total. The normalized spacial score (nSPS) is 10.8. The summed E-state index contributed by atoms with van der Waals surface area (Å²) in [6.07, 6.45) is 3.98. The van der Waals surface area contributed by atoms with Gasteiger partial charge < -0.3 is 23.5 Å². The molecule has 2 aromatic carbocycles. The smallest absolute Gasteiger partial charge is 0.253 e. The monoisotopic (exact) mass is 445 g/mol. The number of benzene rings is 2. The molecule has 0 aliphatic carbocycles. The standard InChI is InChI=1S/C26H27N3O4/c1-19-7-12-25-27-21(17-29(25)16-19)18-33-24-6-4-5-20(15-24)26(30)28(2)13-14-32-23-10-8-22(31-3)9-11-23/h4-12,15-17H,13-14,18H2,1-3H3. The van der Waals surface area contributed by atoms with Gasteiger partial charge in [-0.3, -0.25) is 4.79 Å². The second-order valence-electron chi connectivity index (χ2n) is 7.77. The first-order valence-corrected chi connectivity index (χ1v) is 10.7. The maximum Gasteiger partial charge on any atom is 0.253 e. The van der Waals surface area contributed by atoms with Crippen LogP contribution in [0.2, 0.25) is 0 Å². The number of pyridine rings is 1. The Morgan fingerprint density at radius 3 is 2.55 bits per heavy atom. The first-order chi connectivity index (χ1) is 16.0. The van der Waals surface area contributed by atoms with E-state index in [2.05, 4.69) is 4.98 Å². The number of hydrogen-bond donors (Lipinski definition) is 0. The molecular weight excluding hydrogens is 418 g/mol. The zero-order chi connectivity index (χ0) is 23.2. The lowest BCUT2D eigenvalue weighted by atomic mass is 10.2. The maximum absolute atomic E-state index is 12.8. The van der Waals surface area contributed by atoms with Gasteiger partial charge in [0.05, 0.1) is 19.3 Å². The lowest BCUT2D eigenvalue weighted by molar-refractivity contribution is 0.0773. The Morgan fingerprint density at radius 1 is 0.970 bits per heavy atom. The van der Waals surface area contributed by atoms with Crippen LogP contribution in [0.15, 0.2) is 73.1 Å². The van der Waals surface area contributed by atoms with Gasteiger partial charge in [-0.05, 0) is 61.0 Å². The van der Waals surface area contributed by atoms with Gasteiger partial charge in [-0.2, -0.15) is 0 Å². The topological polar surface area (TPSA) is 65.3 Å². The van der Waals surface area contributed by atoms with Crippen LogP contribution in [0, 0.1) is 6.92 Å². The van der Waals surface area contributed by atoms with E-state index < -0.39 is 0 Å². The number of aryl methyl sites for hydroxylation is 1. The molecule has 1 amide bonds. The minimum Gasteiger partial charge on any atom is -0.497 e. The van der Waals surface area contributed by atoms with Crippen molar-refractivity contribution in [3.63, 3.8) is 0 Å². The fraction of sp³-hybridized carbons (Fsp3) is 0.231. The lowest BCUT2D eigenvalue weighted by Gasteiger charge is -2.18. The van der Waals surface area contributed by atoms with Gasteiger partial charge in [0.2, 0.25) is 0 Å². The van der Waals surface area contributed by atoms with Gasteiger partial charge in [0, 0.05) is 25.0 Å². The minimum atomic E-state index is -0.0954. The number of carbonyl (C=O) groups excluding carboxylic acids is 1. The molecule has 0 aliphatic heterocycles. The molecule has 2 heterocycles. The molecule has 0 saturated carbocycles. The Morgan fingerprint density at radius 2 is 1.76 bits per heavy atom. The Balaban J connectivity index is 1.31. The summed E-state index contributed by atoms with van der Waals surface area (Å²) in [6.45, 7) is 3.21. The van der Waals surface area contributed by atoms with Crippen LogP contribution >= 0.6 is 0 Å². The van der Waals surface area contributed by atoms with Crippen molar-refractivity contribution in [1.29, 1.82) is 0 Å². The van der Waals surface area contributed by atoms with Crippen molar-refractivity contribution in [3.8, 4) is 17.2 Å². The zero-order valence-corrected chi connectivity index (χ0v) is 19.0. The largest absolute Gasteiger partial charge is 0.497 e. The third kappa shape index (κ3) is 5.63. The van der Waals surface area contributed by atoms with Crippen LogP contribution in [-0.2, 0) is 6.61 Å². The predicted molar refractivity (Wildman–Crippen MR) is 126 cm³/mol. The van der Waals surface area contributed by atoms with E-state index >= 15 is 0 Å². The van der Waals surface area contributed by atoms with E-state index in [1.165, 1.54) is 0 Å². The number of hydrogen-bond acceptors (Lipinski definition) is 5. The van der Waals surface area contributed by atoms with Crippen LogP contribution in [0.4, 0.5) is 0 Å². The summed E-state index contributed by atoms with van der Waals surface area (Å²) in [5.41, 5.74) is 3.42. The molecule has 33 heavy (non-hydrogen) atoms. The van der Waals surface area contributed by atoms with Crippen LogP contribution in [0.1, 0.15) is 21.6 Å². The fourth-order valence-corrected chi connectivity index (χ4v) is 3.40. The predicted octanol–water partition coefficient (Wildman–Crippen LogP) is 4.38. The van der Waals surface area contributed by atoms with Crippen molar-refractivity contribution in [2.75, 3.05) is 27.3 Å². The van der Waals surface area contributed by atoms with Crippen LogP contribution in [0.5, 0.6) is 17.2 Å². The van der Waals surface area contributed by atoms with E-state index in [4.69, 9.17) is 14.2 Å². The first kappa shape index (κ1) is 22.2. The molecule has 7 heteroatoms. The van der Waals surface area contributed by atoms with Gasteiger partial charge in [0.1, 0.15) is 36.1 Å². The molecule has 4 aromatic rings. The average molecular weight is 446 g/mol. The Kier molecular flexibility index (Phi) is 6.78. The van der Waals surface area contributed by atoms with Crippen molar-refractivity contribution < 1.29 is 19.0 Å². The second kappa shape index (κ2) is 10.1. The Hall–Kier alpha value is -4.00. The number of aromatic nitrogens is 2. The van der Waals surface area contributed by atoms with E-state index in [-0.39, 0.29) is 5.91 Å². The third-order valence-electron chi connectivity index (χ3n) is 5.22. The van der Waals surface area contributed by atoms with E-state index in [9.17, 15) is 4.79 Å². The third-order valence-corrected chi connectivity index (χ3v) is 5.22. The van der Waals surface area contributed by atoms with E-state index in [1.54, 1.807) is 31.2 Å². The second-order valence-corrected chi connectivity index (χ2v) is 7.77. The number of nitrogens with zero attached hydrogens (tertiary/aromatic N) is 3. The molecular formula is C26H27N3O4. The molecule has 0 saturated heterocycles. The SMILES string of the molecule is COc1ccc(OCCN(C)C(=O)c2cccc(OCc3cn4cc(C)ccc4n3)c2)cc1. The molecule has 0 bridgehead atoms. The summed E-state index contributed by atoms with van der Waals surface area (Å²) in [5.74, 6) is 2.03. The summed E-state index contributed by atoms with van der Waals surface area (Å²) < 4.78 is 18.7. The van der Waals surface area contributed by atoms with Crippen molar-refractivity contribution in [3.05, 3.63) is 89.9 Å². The summed E-state index contributed by atoms with van der Waals surface area (Å²) in [7, 11) is 3.38. The van der Waals surface area contributed by atoms with Gasteiger partial charge in [-0.15, -0.1) is 0 Å². The molecule has 4 rings (SSSR count). The minimum absolute atomic E-state index is 0.0954. The number of likely N-dealkylation sites (N-methyl/N-ethyl adjacent to an activating group) is 1. The molecule has 0 fully saturated rings. The highest BCUT2D eigenvalue weighted by molar-refractivity contribution is 5.94. The van der Waals surface area contributed by atoms with Crippen LogP contribution in [0.25, 0.3) is 5.65 Å². The van der Waals surface area contributed by atoms with Gasteiger partial charge >= 0.3 is 0 Å². The molecule has 2 aromatic heterocycles. The Bertz CT molecular complexity index is 1230. The van der Waals surface area contributed by atoms with Gasteiger partial charge in [-0.25, -0.2) is 4.98 Å². The molecule has 170 valence electrons. The summed E-state index contributed by atoms with van der Waals surface area (Å²) in [5, 5.41) is 0. The molecule has 0 radical (unpaired) electrons. The molecule has 7 nitrogen and oxygen atoms in total. The van der Waals surface area contributed by atoms with E-state index in [1.807, 2.05) is 72.2 Å². The number of imidazole rings is 1. The molecule has 0 unspecified atom stereocenters. The van der Waals surface area contributed by atoms with E-state index in [0.29, 0.717) is 31.1 Å². The van der Waals surface area contributed by atoms with Gasteiger partial charge in [-0.1, -0.05) is 12.1 Å². The summed E-state index contributed by atoms with van der Waals surface area (Å²) in [6, 6.07) is 18.5. The van der Waals surface area contributed by atoms with Crippen molar-refractivity contribution in [1.82, 2.24) is 14.3 Å². The summed E-state index contributed by atoms with van der Waals surface area (Å²) in [4.78, 5) is 19.0. The van der Waals surface area contributed by atoms with Crippen molar-refractivity contribution >= 4 is 11.6 Å². The highest BCUT2D eigenvalue weighted by Crippen LogP contribution is 2.18. The van der Waals surface area contributed by atoms with E-state index in [0.717, 1.165) is 28.4 Å². The zero-order valence-electron chi connectivity index (χ0n) is 19.0. The quantitative estimate of drug-likeness (QED) is 0.383. The number of fused-ring (bicyclic) bond motifs is 1. The number of amides is 1. The van der Waals surface area contributed by atoms with Crippen LogP contribution in [0.3, 0.4) is 0 Å². The average Bonchev–Trinajstić information content (AvgIpc) is 3.25. The highest BCUT2D eigenvalue weighted by Gasteiger charge is 2.13. The van der Waals surface area contributed by atoms with Crippen molar-refractivity contribution in [2.45, 2.75) is 13.5 Å². The van der Waals surface area contributed by atoms with Crippen LogP contribution in [-0.4, -0.2) is 47.5 Å². The molecule has 0 spiro atoms. The number of ether oxygens (including phenoxy) is 3. The fourth-order valence-electron chi connectivity index (χ4n) is 3.40. The Labute approximate surface area is 193 Å². The first-order valence-electron chi connectivity index (χ1n) is 10.7. The summed E-state index contributed by atoms with van der Waals surface area (Å²) >= 11 is 0. The van der Waals surface area contributed by atoms with Crippen molar-refractivity contribution in [2.24, 2.45) is 0 Å². The molecule has 0 aliphatic rings. The van der Waals surface area contributed by atoms with Crippen LogP contribution < -0.4 is 14.2 Å².